The summed E-state index contributed by atoms with van der Waals surface area (Å²) in [6.07, 6.45) is 2.06. The molecule has 0 aliphatic carbocycles. The Morgan fingerprint density at radius 2 is 2.11 bits per heavy atom. The molecule has 0 radical (unpaired) electrons. The summed E-state index contributed by atoms with van der Waals surface area (Å²) in [5.41, 5.74) is 2.23. The summed E-state index contributed by atoms with van der Waals surface area (Å²) in [6, 6.07) is 8.51. The molecule has 1 aromatic carbocycles. The Morgan fingerprint density at radius 1 is 1.42 bits per heavy atom. The number of hydrogen-bond donors (Lipinski definition) is 2. The van der Waals surface area contributed by atoms with Gasteiger partial charge in [-0.15, -0.1) is 0 Å². The lowest BCUT2D eigenvalue weighted by molar-refractivity contribution is -0.119. The van der Waals surface area contributed by atoms with E-state index in [4.69, 9.17) is 0 Å². The van der Waals surface area contributed by atoms with Gasteiger partial charge < -0.3 is 10.6 Å². The van der Waals surface area contributed by atoms with Crippen molar-refractivity contribution in [3.05, 3.63) is 29.8 Å². The molecule has 3 atom stereocenters. The Hall–Kier alpha value is -1.35. The third-order valence-electron chi connectivity index (χ3n) is 4.22. The third-order valence-corrected chi connectivity index (χ3v) is 4.22. The zero-order valence-electron chi connectivity index (χ0n) is 12.1. The van der Waals surface area contributed by atoms with Crippen LogP contribution in [-0.4, -0.2) is 18.5 Å². The van der Waals surface area contributed by atoms with Gasteiger partial charge in [0.25, 0.3) is 0 Å². The minimum absolute atomic E-state index is 0.0919. The number of nitrogens with one attached hydrogen (secondary N) is 2. The molecule has 2 rings (SSSR count). The van der Waals surface area contributed by atoms with Gasteiger partial charge in [0.2, 0.25) is 5.91 Å². The fraction of sp³-hybridized carbons (Fsp3) is 0.562. The van der Waals surface area contributed by atoms with Gasteiger partial charge >= 0.3 is 0 Å². The second kappa shape index (κ2) is 6.20. The fourth-order valence-corrected chi connectivity index (χ4v) is 2.58. The van der Waals surface area contributed by atoms with Crippen molar-refractivity contribution in [1.29, 1.82) is 0 Å². The Balaban J connectivity index is 1.97. The maximum Gasteiger partial charge on any atom is 0.229 e. The first-order valence-corrected chi connectivity index (χ1v) is 7.26. The van der Waals surface area contributed by atoms with Gasteiger partial charge in [-0.3, -0.25) is 4.79 Å². The molecular formula is C16H24N2O. The van der Waals surface area contributed by atoms with Crippen LogP contribution in [0.3, 0.4) is 0 Å². The molecule has 0 aromatic heterocycles. The molecule has 1 aliphatic heterocycles. The second-order valence-electron chi connectivity index (χ2n) is 5.56. The molecule has 19 heavy (non-hydrogen) atoms. The van der Waals surface area contributed by atoms with Crippen LogP contribution in [0.1, 0.15) is 45.1 Å². The van der Waals surface area contributed by atoms with Crippen LogP contribution >= 0.6 is 0 Å². The van der Waals surface area contributed by atoms with Crippen molar-refractivity contribution in [2.45, 2.75) is 45.6 Å². The lowest BCUT2D eigenvalue weighted by Crippen LogP contribution is -2.32. The molecule has 2 N–H and O–H groups in total. The lowest BCUT2D eigenvalue weighted by Gasteiger charge is -2.15. The monoisotopic (exact) mass is 260 g/mol. The summed E-state index contributed by atoms with van der Waals surface area (Å²) in [6.45, 7) is 7.42. The highest BCUT2D eigenvalue weighted by Crippen LogP contribution is 2.22. The predicted molar refractivity (Wildman–Crippen MR) is 79.3 cm³/mol. The van der Waals surface area contributed by atoms with Crippen molar-refractivity contribution in [2.75, 3.05) is 11.9 Å². The van der Waals surface area contributed by atoms with Crippen molar-refractivity contribution in [3.8, 4) is 0 Å². The Labute approximate surface area is 115 Å². The number of rotatable bonds is 4. The van der Waals surface area contributed by atoms with Crippen molar-refractivity contribution < 1.29 is 4.79 Å². The van der Waals surface area contributed by atoms with E-state index in [2.05, 4.69) is 43.5 Å². The van der Waals surface area contributed by atoms with Crippen LogP contribution in [0, 0.1) is 5.92 Å². The quantitative estimate of drug-likeness (QED) is 0.873. The molecule has 1 saturated heterocycles. The molecule has 1 amide bonds. The van der Waals surface area contributed by atoms with Gasteiger partial charge in [0, 0.05) is 11.7 Å². The summed E-state index contributed by atoms with van der Waals surface area (Å²) in [4.78, 5) is 12.1. The van der Waals surface area contributed by atoms with E-state index in [0.717, 1.165) is 25.1 Å². The minimum atomic E-state index is 0.0919. The average Bonchev–Trinajstić information content (AvgIpc) is 2.85. The van der Waals surface area contributed by atoms with Crippen LogP contribution in [0.5, 0.6) is 0 Å². The first kappa shape index (κ1) is 14.1. The van der Waals surface area contributed by atoms with Gasteiger partial charge in [-0.05, 0) is 49.9 Å². The van der Waals surface area contributed by atoms with E-state index < -0.39 is 0 Å². The third kappa shape index (κ3) is 3.35. The van der Waals surface area contributed by atoms with E-state index in [9.17, 15) is 4.79 Å². The molecule has 3 unspecified atom stereocenters. The summed E-state index contributed by atoms with van der Waals surface area (Å²) in [5.74, 6) is 0.798. The topological polar surface area (TPSA) is 41.1 Å². The molecular weight excluding hydrogens is 236 g/mol. The van der Waals surface area contributed by atoms with Gasteiger partial charge in [0.1, 0.15) is 0 Å². The van der Waals surface area contributed by atoms with Crippen LogP contribution in [0.25, 0.3) is 0 Å². The van der Waals surface area contributed by atoms with Crippen molar-refractivity contribution >= 4 is 11.6 Å². The van der Waals surface area contributed by atoms with E-state index in [1.54, 1.807) is 0 Å². The van der Waals surface area contributed by atoms with E-state index >= 15 is 0 Å². The van der Waals surface area contributed by atoms with Crippen LogP contribution in [0.4, 0.5) is 5.69 Å². The Morgan fingerprint density at radius 3 is 2.63 bits per heavy atom. The van der Waals surface area contributed by atoms with Gasteiger partial charge in [0.15, 0.2) is 0 Å². The Kier molecular flexibility index (Phi) is 4.59. The van der Waals surface area contributed by atoms with Gasteiger partial charge in [-0.2, -0.15) is 0 Å². The summed E-state index contributed by atoms with van der Waals surface area (Å²) in [5, 5.41) is 6.33. The second-order valence-corrected chi connectivity index (χ2v) is 5.56. The largest absolute Gasteiger partial charge is 0.326 e. The highest BCUT2D eigenvalue weighted by atomic mass is 16.1. The number of carbonyl (C=O) groups is 1. The molecule has 0 saturated carbocycles. The normalized spacial score (nSPS) is 24.2. The van der Waals surface area contributed by atoms with E-state index in [1.165, 1.54) is 5.56 Å². The van der Waals surface area contributed by atoms with Crippen molar-refractivity contribution in [2.24, 2.45) is 5.92 Å². The van der Waals surface area contributed by atoms with Gasteiger partial charge in [-0.25, -0.2) is 0 Å². The molecule has 1 fully saturated rings. The fourth-order valence-electron chi connectivity index (χ4n) is 2.58. The molecule has 0 bridgehead atoms. The molecule has 104 valence electrons. The van der Waals surface area contributed by atoms with Gasteiger partial charge in [-0.1, -0.05) is 26.0 Å². The molecule has 0 spiro atoms. The van der Waals surface area contributed by atoms with Crippen LogP contribution < -0.4 is 10.6 Å². The zero-order valence-corrected chi connectivity index (χ0v) is 12.1. The van der Waals surface area contributed by atoms with Crippen LogP contribution in [0.15, 0.2) is 24.3 Å². The van der Waals surface area contributed by atoms with E-state index in [1.807, 2.05) is 12.1 Å². The highest BCUT2D eigenvalue weighted by molar-refractivity contribution is 5.93. The first-order chi connectivity index (χ1) is 9.11. The maximum absolute atomic E-state index is 12.1. The van der Waals surface area contributed by atoms with Crippen molar-refractivity contribution in [1.82, 2.24) is 5.32 Å². The van der Waals surface area contributed by atoms with E-state index in [0.29, 0.717) is 5.92 Å². The van der Waals surface area contributed by atoms with Crippen molar-refractivity contribution in [3.63, 3.8) is 0 Å². The average molecular weight is 260 g/mol. The smallest absolute Gasteiger partial charge is 0.229 e. The number of carbonyl (C=O) groups excluding carboxylic acids is 1. The molecule has 3 nitrogen and oxygen atoms in total. The minimum Gasteiger partial charge on any atom is -0.326 e. The SMILES string of the molecule is CCC(C)c1ccc(NC(=O)C2CCNC2C)cc1. The summed E-state index contributed by atoms with van der Waals surface area (Å²) >= 11 is 0. The zero-order chi connectivity index (χ0) is 13.8. The molecule has 3 heteroatoms. The maximum atomic E-state index is 12.1. The number of amides is 1. The summed E-state index contributed by atoms with van der Waals surface area (Å²) < 4.78 is 0. The predicted octanol–water partition coefficient (Wildman–Crippen LogP) is 3.14. The molecule has 1 aliphatic rings. The standard InChI is InChI=1S/C16H24N2O/c1-4-11(2)13-5-7-14(8-6-13)18-16(19)15-9-10-17-12(15)3/h5-8,11-12,15,17H,4,9-10H2,1-3H3,(H,18,19). The van der Waals surface area contributed by atoms with Crippen LogP contribution in [0.2, 0.25) is 0 Å². The number of anilines is 1. The molecule has 1 heterocycles. The number of benzene rings is 1. The van der Waals surface area contributed by atoms with Crippen LogP contribution in [-0.2, 0) is 4.79 Å². The molecule has 1 aromatic rings. The highest BCUT2D eigenvalue weighted by Gasteiger charge is 2.29. The number of hydrogen-bond acceptors (Lipinski definition) is 2. The van der Waals surface area contributed by atoms with Gasteiger partial charge in [0.05, 0.1) is 5.92 Å². The first-order valence-electron chi connectivity index (χ1n) is 7.26. The Bertz CT molecular complexity index is 427. The van der Waals surface area contributed by atoms with E-state index in [-0.39, 0.29) is 17.9 Å². The summed E-state index contributed by atoms with van der Waals surface area (Å²) in [7, 11) is 0. The lowest BCUT2D eigenvalue weighted by atomic mass is 9.98.